The van der Waals surface area contributed by atoms with Gasteiger partial charge < -0.3 is 10.1 Å². The summed E-state index contributed by atoms with van der Waals surface area (Å²) in [6, 6.07) is 11.9. The van der Waals surface area contributed by atoms with Crippen molar-refractivity contribution in [3.05, 3.63) is 52.2 Å². The van der Waals surface area contributed by atoms with Gasteiger partial charge in [0.2, 0.25) is 5.91 Å². The Balaban J connectivity index is 1.53. The molecule has 0 bridgehead atoms. The summed E-state index contributed by atoms with van der Waals surface area (Å²) in [7, 11) is 0. The van der Waals surface area contributed by atoms with Gasteiger partial charge in [0.1, 0.15) is 10.7 Å². The van der Waals surface area contributed by atoms with E-state index in [1.807, 2.05) is 42.6 Å². The zero-order valence-electron chi connectivity index (χ0n) is 16.1. The van der Waals surface area contributed by atoms with Gasteiger partial charge in [-0.05, 0) is 31.7 Å². The minimum atomic E-state index is -0.539. The van der Waals surface area contributed by atoms with Crippen LogP contribution in [0.25, 0.3) is 11.3 Å². The second kappa shape index (κ2) is 8.34. The number of hydrogen-bond acceptors (Lipinski definition) is 6. The van der Waals surface area contributed by atoms with E-state index in [9.17, 15) is 9.59 Å². The number of hydrogen-bond donors (Lipinski definition) is 2. The maximum absolute atomic E-state index is 12.7. The monoisotopic (exact) mass is 427 g/mol. The van der Waals surface area contributed by atoms with Crippen LogP contribution < -0.4 is 10.6 Å². The molecule has 1 fully saturated rings. The topological polar surface area (TPSA) is 80.3 Å². The van der Waals surface area contributed by atoms with Gasteiger partial charge in [0.15, 0.2) is 5.13 Å². The van der Waals surface area contributed by atoms with Gasteiger partial charge in [-0.2, -0.15) is 0 Å². The molecule has 2 atom stereocenters. The lowest BCUT2D eigenvalue weighted by Crippen LogP contribution is -2.14. The fourth-order valence-electron chi connectivity index (χ4n) is 3.12. The quantitative estimate of drug-likeness (QED) is 0.545. The second-order valence-corrected chi connectivity index (χ2v) is 8.84. The Hall–Kier alpha value is -2.71. The number of thiazole rings is 1. The Morgan fingerprint density at radius 2 is 2.00 bits per heavy atom. The van der Waals surface area contributed by atoms with Crippen molar-refractivity contribution in [3.8, 4) is 11.3 Å². The number of thiophene rings is 1. The van der Waals surface area contributed by atoms with Gasteiger partial charge in [0.25, 0.3) is 0 Å². The van der Waals surface area contributed by atoms with Gasteiger partial charge >= 0.3 is 6.09 Å². The number of aryl methyl sites for hydroxylation is 1. The van der Waals surface area contributed by atoms with E-state index in [4.69, 9.17) is 4.74 Å². The zero-order chi connectivity index (χ0) is 20.4. The van der Waals surface area contributed by atoms with Crippen molar-refractivity contribution in [3.63, 3.8) is 0 Å². The summed E-state index contributed by atoms with van der Waals surface area (Å²) < 4.78 is 4.99. The molecular weight excluding hydrogens is 406 g/mol. The summed E-state index contributed by atoms with van der Waals surface area (Å²) in [5, 5.41) is 8.71. The first kappa shape index (κ1) is 19.6. The molecule has 0 aliphatic heterocycles. The van der Waals surface area contributed by atoms with Gasteiger partial charge in [0.05, 0.1) is 6.61 Å². The molecule has 0 spiro atoms. The Morgan fingerprint density at radius 3 is 2.69 bits per heavy atom. The summed E-state index contributed by atoms with van der Waals surface area (Å²) in [5.41, 5.74) is 2.61. The van der Waals surface area contributed by atoms with Gasteiger partial charge in [-0.15, -0.1) is 11.3 Å². The molecule has 1 aromatic carbocycles. The van der Waals surface area contributed by atoms with E-state index in [1.54, 1.807) is 18.3 Å². The van der Waals surface area contributed by atoms with Crippen molar-refractivity contribution in [1.82, 2.24) is 4.98 Å². The molecule has 1 aliphatic rings. The van der Waals surface area contributed by atoms with Crippen molar-refractivity contribution in [2.45, 2.75) is 26.2 Å². The summed E-state index contributed by atoms with van der Waals surface area (Å²) >= 11 is 2.92. The van der Waals surface area contributed by atoms with E-state index in [0.29, 0.717) is 21.7 Å². The maximum atomic E-state index is 12.7. The minimum absolute atomic E-state index is 0.0261. The number of aromatic nitrogens is 1. The van der Waals surface area contributed by atoms with Crippen molar-refractivity contribution in [2.24, 2.45) is 5.92 Å². The standard InChI is InChI=1S/C21H21N3O3S2/c1-3-27-21(26)24-19-17(13-8-6-12(2)7-9-13)22-20(29-19)23-18(25)15-11-14(15)16-5-4-10-28-16/h4-10,14-15H,3,11H2,1-2H3,(H,24,26)(H,22,23,25). The van der Waals surface area contributed by atoms with E-state index in [0.717, 1.165) is 17.5 Å². The first-order valence-electron chi connectivity index (χ1n) is 9.41. The lowest BCUT2D eigenvalue weighted by atomic mass is 10.1. The molecule has 2 amide bonds. The van der Waals surface area contributed by atoms with Crippen molar-refractivity contribution in [1.29, 1.82) is 0 Å². The molecule has 2 N–H and O–H groups in total. The highest BCUT2D eigenvalue weighted by Gasteiger charge is 2.44. The summed E-state index contributed by atoms with van der Waals surface area (Å²) in [6.45, 7) is 4.03. The van der Waals surface area contributed by atoms with Crippen LogP contribution in [0.15, 0.2) is 41.8 Å². The van der Waals surface area contributed by atoms with E-state index in [2.05, 4.69) is 21.7 Å². The van der Waals surface area contributed by atoms with Crippen molar-refractivity contribution >= 4 is 44.8 Å². The van der Waals surface area contributed by atoms with Gasteiger partial charge in [0, 0.05) is 22.3 Å². The van der Waals surface area contributed by atoms with Crippen LogP contribution in [0, 0.1) is 12.8 Å². The van der Waals surface area contributed by atoms with Crippen molar-refractivity contribution < 1.29 is 14.3 Å². The minimum Gasteiger partial charge on any atom is -0.450 e. The third-order valence-corrected chi connectivity index (χ3v) is 6.60. The average Bonchev–Trinajstić information content (AvgIpc) is 3.12. The first-order valence-corrected chi connectivity index (χ1v) is 11.1. The number of ether oxygens (including phenoxy) is 1. The summed E-state index contributed by atoms with van der Waals surface area (Å²) in [4.78, 5) is 30.4. The SMILES string of the molecule is CCOC(=O)Nc1sc(NC(=O)C2CC2c2cccs2)nc1-c1ccc(C)cc1. The molecule has 1 saturated carbocycles. The van der Waals surface area contributed by atoms with E-state index >= 15 is 0 Å². The second-order valence-electron chi connectivity index (χ2n) is 6.86. The molecule has 0 radical (unpaired) electrons. The molecule has 3 aromatic rings. The van der Waals surface area contributed by atoms with Crippen LogP contribution >= 0.6 is 22.7 Å². The molecule has 6 nitrogen and oxygen atoms in total. The highest BCUT2D eigenvalue weighted by molar-refractivity contribution is 7.20. The van der Waals surface area contributed by atoms with Gasteiger partial charge in [-0.1, -0.05) is 47.2 Å². The highest BCUT2D eigenvalue weighted by atomic mass is 32.1. The fourth-order valence-corrected chi connectivity index (χ4v) is 4.91. The van der Waals surface area contributed by atoms with Gasteiger partial charge in [-0.3, -0.25) is 10.1 Å². The predicted octanol–water partition coefficient (Wildman–Crippen LogP) is 5.49. The lowest BCUT2D eigenvalue weighted by molar-refractivity contribution is -0.117. The maximum Gasteiger partial charge on any atom is 0.412 e. The number of amides is 2. The van der Waals surface area contributed by atoms with Crippen LogP contribution in [0.1, 0.15) is 29.7 Å². The molecular formula is C21H21N3O3S2. The number of carbonyl (C=O) groups is 2. The molecule has 2 heterocycles. The smallest absolute Gasteiger partial charge is 0.412 e. The molecule has 29 heavy (non-hydrogen) atoms. The van der Waals surface area contributed by atoms with Crippen LogP contribution in [0.2, 0.25) is 0 Å². The average molecular weight is 428 g/mol. The van der Waals surface area contributed by atoms with Crippen LogP contribution in [0.3, 0.4) is 0 Å². The highest BCUT2D eigenvalue weighted by Crippen LogP contribution is 2.49. The Morgan fingerprint density at radius 1 is 1.21 bits per heavy atom. The zero-order valence-corrected chi connectivity index (χ0v) is 17.7. The largest absolute Gasteiger partial charge is 0.450 e. The Kier molecular flexibility index (Phi) is 5.64. The summed E-state index contributed by atoms with van der Waals surface area (Å²) in [6.07, 6.45) is 0.318. The third-order valence-electron chi connectivity index (χ3n) is 4.71. The van der Waals surface area contributed by atoms with Gasteiger partial charge in [-0.25, -0.2) is 9.78 Å². The van der Waals surface area contributed by atoms with Crippen LogP contribution in [-0.4, -0.2) is 23.6 Å². The van der Waals surface area contributed by atoms with Crippen LogP contribution in [-0.2, 0) is 9.53 Å². The number of rotatable bonds is 6. The number of nitrogens with one attached hydrogen (secondary N) is 2. The summed E-state index contributed by atoms with van der Waals surface area (Å²) in [5.74, 6) is 0.237. The van der Waals surface area contributed by atoms with E-state index in [-0.39, 0.29) is 18.4 Å². The van der Waals surface area contributed by atoms with Crippen LogP contribution in [0.5, 0.6) is 0 Å². The Labute approximate surface area is 176 Å². The predicted molar refractivity (Wildman–Crippen MR) is 117 cm³/mol. The number of benzene rings is 1. The van der Waals surface area contributed by atoms with E-state index < -0.39 is 6.09 Å². The molecule has 150 valence electrons. The van der Waals surface area contributed by atoms with Crippen molar-refractivity contribution in [2.75, 3.05) is 17.2 Å². The lowest BCUT2D eigenvalue weighted by Gasteiger charge is -2.05. The Bertz CT molecular complexity index is 1010. The fraction of sp³-hybridized carbons (Fsp3) is 0.286. The molecule has 4 rings (SSSR count). The molecule has 0 saturated heterocycles. The number of anilines is 2. The molecule has 2 unspecified atom stereocenters. The number of carbonyl (C=O) groups excluding carboxylic acids is 2. The molecule has 1 aliphatic carbocycles. The molecule has 2 aromatic heterocycles. The first-order chi connectivity index (χ1) is 14.0. The molecule has 8 heteroatoms. The number of nitrogens with zero attached hydrogens (tertiary/aromatic N) is 1. The third kappa shape index (κ3) is 4.49. The normalized spacial score (nSPS) is 17.6. The van der Waals surface area contributed by atoms with Crippen LogP contribution in [0.4, 0.5) is 14.9 Å². The van der Waals surface area contributed by atoms with E-state index in [1.165, 1.54) is 16.2 Å².